The second-order valence-corrected chi connectivity index (χ2v) is 7.92. The van der Waals surface area contributed by atoms with E-state index in [9.17, 15) is 4.79 Å². The van der Waals surface area contributed by atoms with E-state index in [0.29, 0.717) is 23.4 Å². The highest BCUT2D eigenvalue weighted by Gasteiger charge is 2.30. The number of aromatic nitrogens is 3. The number of aromatic amines is 1. The summed E-state index contributed by atoms with van der Waals surface area (Å²) in [6, 6.07) is 7.70. The van der Waals surface area contributed by atoms with Crippen molar-refractivity contribution in [3.63, 3.8) is 0 Å². The van der Waals surface area contributed by atoms with Gasteiger partial charge in [-0.15, -0.1) is 0 Å². The van der Waals surface area contributed by atoms with E-state index >= 15 is 0 Å². The monoisotopic (exact) mass is 380 g/mol. The van der Waals surface area contributed by atoms with Crippen LogP contribution in [0.2, 0.25) is 0 Å². The lowest BCUT2D eigenvalue weighted by Gasteiger charge is -2.31. The number of likely N-dealkylation sites (tertiary alicyclic amines) is 1. The van der Waals surface area contributed by atoms with Crippen LogP contribution >= 0.6 is 0 Å². The Morgan fingerprint density at radius 1 is 1.32 bits per heavy atom. The van der Waals surface area contributed by atoms with E-state index in [-0.39, 0.29) is 5.91 Å². The number of piperidine rings is 1. The molecule has 7 heteroatoms. The molecule has 0 radical (unpaired) electrons. The molecule has 1 aliphatic carbocycles. The number of ether oxygens (including phenoxy) is 1. The predicted molar refractivity (Wildman–Crippen MR) is 103 cm³/mol. The largest absolute Gasteiger partial charge is 0.497 e. The van der Waals surface area contributed by atoms with Gasteiger partial charge < -0.3 is 19.1 Å². The van der Waals surface area contributed by atoms with Crippen LogP contribution in [0.25, 0.3) is 10.9 Å². The van der Waals surface area contributed by atoms with Gasteiger partial charge in [-0.05, 0) is 49.8 Å². The van der Waals surface area contributed by atoms with E-state index in [2.05, 4.69) is 15.1 Å². The molecule has 3 heterocycles. The highest BCUT2D eigenvalue weighted by atomic mass is 16.5. The molecule has 0 bridgehead atoms. The Bertz CT molecular complexity index is 1000. The van der Waals surface area contributed by atoms with Crippen molar-refractivity contribution in [3.05, 3.63) is 41.7 Å². The van der Waals surface area contributed by atoms with Crippen LogP contribution in [0.15, 0.2) is 28.8 Å². The van der Waals surface area contributed by atoms with Gasteiger partial charge in [-0.1, -0.05) is 5.16 Å². The average Bonchev–Trinajstić information content (AvgIpc) is 3.32. The smallest absolute Gasteiger partial charge is 0.270 e. The average molecular weight is 380 g/mol. The molecular weight excluding hydrogens is 356 g/mol. The molecule has 1 N–H and O–H groups in total. The minimum absolute atomic E-state index is 0.0454. The Balaban J connectivity index is 1.27. The van der Waals surface area contributed by atoms with Gasteiger partial charge in [-0.25, -0.2) is 0 Å². The Morgan fingerprint density at radius 2 is 2.21 bits per heavy atom. The summed E-state index contributed by atoms with van der Waals surface area (Å²) < 4.78 is 10.7. The molecule has 1 aromatic carbocycles. The van der Waals surface area contributed by atoms with Gasteiger partial charge >= 0.3 is 0 Å². The van der Waals surface area contributed by atoms with Gasteiger partial charge in [0.1, 0.15) is 11.4 Å². The minimum Gasteiger partial charge on any atom is -0.497 e. The number of rotatable bonds is 5. The van der Waals surface area contributed by atoms with Gasteiger partial charge in [0.2, 0.25) is 5.89 Å². The number of amides is 1. The third kappa shape index (κ3) is 3.37. The number of methoxy groups -OCH3 is 1. The van der Waals surface area contributed by atoms with Gasteiger partial charge in [0.15, 0.2) is 5.82 Å². The maximum atomic E-state index is 13.0. The summed E-state index contributed by atoms with van der Waals surface area (Å²) in [6.07, 6.45) is 5.15. The molecule has 0 unspecified atom stereocenters. The number of carbonyl (C=O) groups is 1. The highest BCUT2D eigenvalue weighted by Crippen LogP contribution is 2.38. The van der Waals surface area contributed by atoms with Crippen molar-refractivity contribution in [2.45, 2.75) is 38.0 Å². The minimum atomic E-state index is 0.0454. The summed E-state index contributed by atoms with van der Waals surface area (Å²) in [4.78, 5) is 22.8. The summed E-state index contributed by atoms with van der Waals surface area (Å²) >= 11 is 0. The highest BCUT2D eigenvalue weighted by molar-refractivity contribution is 5.98. The molecular formula is C21H24N4O3. The fourth-order valence-corrected chi connectivity index (χ4v) is 4.04. The van der Waals surface area contributed by atoms with Crippen LogP contribution in [0.5, 0.6) is 5.75 Å². The van der Waals surface area contributed by atoms with Gasteiger partial charge in [0.25, 0.3) is 5.91 Å². The van der Waals surface area contributed by atoms with E-state index in [0.717, 1.165) is 54.8 Å². The van der Waals surface area contributed by atoms with E-state index in [4.69, 9.17) is 9.26 Å². The molecule has 0 spiro atoms. The summed E-state index contributed by atoms with van der Waals surface area (Å²) in [5.41, 5.74) is 1.53. The maximum absolute atomic E-state index is 13.0. The number of nitrogens with zero attached hydrogens (tertiary/aromatic N) is 3. The molecule has 2 fully saturated rings. The number of hydrogen-bond acceptors (Lipinski definition) is 5. The van der Waals surface area contributed by atoms with Gasteiger partial charge in [-0.2, -0.15) is 4.98 Å². The van der Waals surface area contributed by atoms with Crippen LogP contribution in [-0.4, -0.2) is 46.1 Å². The Kier molecular flexibility index (Phi) is 4.30. The molecule has 7 nitrogen and oxygen atoms in total. The van der Waals surface area contributed by atoms with E-state index < -0.39 is 0 Å². The van der Waals surface area contributed by atoms with E-state index in [1.54, 1.807) is 7.11 Å². The molecule has 2 aliphatic rings. The normalized spacial score (nSPS) is 19.9. The molecule has 146 valence electrons. The first kappa shape index (κ1) is 17.3. The Hall–Kier alpha value is -2.83. The lowest BCUT2D eigenvalue weighted by molar-refractivity contribution is 0.0663. The van der Waals surface area contributed by atoms with Crippen molar-refractivity contribution in [1.82, 2.24) is 20.0 Å². The second-order valence-electron chi connectivity index (χ2n) is 7.92. The van der Waals surface area contributed by atoms with Crippen LogP contribution in [0.3, 0.4) is 0 Å². The standard InChI is InChI=1S/C21H24N4O3/c1-27-16-7-6-15-10-18(22-17(15)11-16)21(26)25-8-2-3-13(12-25)9-19-23-20(24-28-19)14-4-5-14/h6-7,10-11,13-14,22H,2-5,8-9,12H2,1H3/t13-/m1/s1. The van der Waals surface area contributed by atoms with Crippen LogP contribution in [0.1, 0.15) is 53.8 Å². The molecule has 2 aromatic heterocycles. The second kappa shape index (κ2) is 6.96. The van der Waals surface area contributed by atoms with Crippen molar-refractivity contribution in [2.24, 2.45) is 5.92 Å². The van der Waals surface area contributed by atoms with Crippen molar-refractivity contribution >= 4 is 16.8 Å². The zero-order valence-corrected chi connectivity index (χ0v) is 16.0. The van der Waals surface area contributed by atoms with Crippen LogP contribution < -0.4 is 4.74 Å². The topological polar surface area (TPSA) is 84.2 Å². The lowest BCUT2D eigenvalue weighted by atomic mass is 9.94. The summed E-state index contributed by atoms with van der Waals surface area (Å²) in [7, 11) is 1.64. The zero-order chi connectivity index (χ0) is 19.1. The molecule has 5 rings (SSSR count). The van der Waals surface area contributed by atoms with Crippen molar-refractivity contribution in [2.75, 3.05) is 20.2 Å². The van der Waals surface area contributed by atoms with Gasteiger partial charge in [0, 0.05) is 42.4 Å². The molecule has 28 heavy (non-hydrogen) atoms. The number of hydrogen-bond donors (Lipinski definition) is 1. The number of nitrogens with one attached hydrogen (secondary N) is 1. The third-order valence-electron chi connectivity index (χ3n) is 5.76. The van der Waals surface area contributed by atoms with Gasteiger partial charge in [0.05, 0.1) is 7.11 Å². The quantitative estimate of drug-likeness (QED) is 0.732. The first-order valence-electron chi connectivity index (χ1n) is 9.98. The molecule has 1 aliphatic heterocycles. The predicted octanol–water partition coefficient (Wildman–Crippen LogP) is 3.53. The third-order valence-corrected chi connectivity index (χ3v) is 5.76. The summed E-state index contributed by atoms with van der Waals surface area (Å²) in [6.45, 7) is 1.50. The van der Waals surface area contributed by atoms with Crippen LogP contribution in [0, 0.1) is 5.92 Å². The van der Waals surface area contributed by atoms with Crippen LogP contribution in [-0.2, 0) is 6.42 Å². The lowest BCUT2D eigenvalue weighted by Crippen LogP contribution is -2.40. The van der Waals surface area contributed by atoms with E-state index in [1.807, 2.05) is 29.2 Å². The van der Waals surface area contributed by atoms with Crippen LogP contribution in [0.4, 0.5) is 0 Å². The Morgan fingerprint density at radius 3 is 3.04 bits per heavy atom. The maximum Gasteiger partial charge on any atom is 0.270 e. The summed E-state index contributed by atoms with van der Waals surface area (Å²) in [5.74, 6) is 3.24. The molecule has 3 aromatic rings. The zero-order valence-electron chi connectivity index (χ0n) is 16.0. The number of benzene rings is 1. The first-order valence-corrected chi connectivity index (χ1v) is 9.98. The fourth-order valence-electron chi connectivity index (χ4n) is 4.04. The number of H-pyrrole nitrogens is 1. The SMILES string of the molecule is COc1ccc2cc(C(=O)N3CCC[C@H](Cc4nc(C5CC5)no4)C3)[nH]c2c1. The van der Waals surface area contributed by atoms with Crippen molar-refractivity contribution in [1.29, 1.82) is 0 Å². The van der Waals surface area contributed by atoms with Crippen molar-refractivity contribution in [3.8, 4) is 5.75 Å². The van der Waals surface area contributed by atoms with Crippen molar-refractivity contribution < 1.29 is 14.1 Å². The molecule has 1 saturated heterocycles. The summed E-state index contributed by atoms with van der Waals surface area (Å²) in [5, 5.41) is 5.11. The first-order chi connectivity index (χ1) is 13.7. The van der Waals surface area contributed by atoms with E-state index in [1.165, 1.54) is 12.8 Å². The molecule has 1 saturated carbocycles. The van der Waals surface area contributed by atoms with Gasteiger partial charge in [-0.3, -0.25) is 4.79 Å². The number of carbonyl (C=O) groups excluding carboxylic acids is 1. The fraction of sp³-hybridized carbons (Fsp3) is 0.476. The molecule has 1 atom stereocenters. The number of fused-ring (bicyclic) bond motifs is 1. The molecule has 1 amide bonds. The Labute approximate surface area is 163 Å².